The lowest BCUT2D eigenvalue weighted by molar-refractivity contribution is 0.415. The molecule has 0 aliphatic rings. The van der Waals surface area contributed by atoms with Crippen LogP contribution >= 0.6 is 0 Å². The lowest BCUT2D eigenvalue weighted by Gasteiger charge is -2.19. The normalized spacial score (nSPS) is 11.3. The third-order valence-corrected chi connectivity index (χ3v) is 4.82. The Bertz CT molecular complexity index is 909. The molecule has 138 valence electrons. The van der Waals surface area contributed by atoms with E-state index in [4.69, 9.17) is 4.74 Å². The molecule has 0 atom stereocenters. The molecule has 0 bridgehead atoms. The van der Waals surface area contributed by atoms with Crippen LogP contribution in [-0.4, -0.2) is 21.2 Å². The molecule has 0 aromatic heterocycles. The molecule has 0 N–H and O–H groups in total. The lowest BCUT2D eigenvalue weighted by Crippen LogP contribution is -2.10. The quantitative estimate of drug-likeness (QED) is 0.530. The highest BCUT2D eigenvalue weighted by molar-refractivity contribution is 5.79. The number of benzene rings is 3. The fourth-order valence-electron chi connectivity index (χ4n) is 3.18. The van der Waals surface area contributed by atoms with Crippen LogP contribution in [0.5, 0.6) is 5.75 Å². The Labute approximate surface area is 162 Å². The summed E-state index contributed by atoms with van der Waals surface area (Å²) >= 11 is 0. The first-order chi connectivity index (χ1) is 13.1. The van der Waals surface area contributed by atoms with Crippen LogP contribution in [0.15, 0.2) is 78.9 Å². The molecule has 3 aromatic carbocycles. The van der Waals surface area contributed by atoms with Gasteiger partial charge in [-0.15, -0.1) is 0 Å². The highest BCUT2D eigenvalue weighted by Gasteiger charge is 2.08. The van der Waals surface area contributed by atoms with Gasteiger partial charge in [-0.3, -0.25) is 0 Å². The van der Waals surface area contributed by atoms with Crippen molar-refractivity contribution < 1.29 is 4.74 Å². The minimum Gasteiger partial charge on any atom is -0.497 e. The minimum absolute atomic E-state index is 0.888. The van der Waals surface area contributed by atoms with E-state index in [-0.39, 0.29) is 0 Å². The molecule has 0 aliphatic carbocycles. The van der Waals surface area contributed by atoms with Gasteiger partial charge in [0, 0.05) is 25.3 Å². The molecule has 2 heteroatoms. The van der Waals surface area contributed by atoms with Crippen molar-refractivity contribution in [2.45, 2.75) is 13.3 Å². The van der Waals surface area contributed by atoms with Gasteiger partial charge in [0.25, 0.3) is 0 Å². The standard InChI is InChI=1S/C25H27NO/c1-19(21-13-15-23(27-4)16-14-21)10-11-20-12-17-24(25(18-20)26(2)3)22-8-6-5-7-9-22/h5-10,12-18H,11H2,1-4H3. The average Bonchev–Trinajstić information content (AvgIpc) is 2.72. The van der Waals surface area contributed by atoms with E-state index in [1.54, 1.807) is 7.11 Å². The topological polar surface area (TPSA) is 12.5 Å². The second-order valence-corrected chi connectivity index (χ2v) is 6.93. The molecule has 0 heterocycles. The lowest BCUT2D eigenvalue weighted by atomic mass is 9.98. The Morgan fingerprint density at radius 2 is 1.63 bits per heavy atom. The fraction of sp³-hybridized carbons (Fsp3) is 0.200. The summed E-state index contributed by atoms with van der Waals surface area (Å²) in [6.07, 6.45) is 3.20. The van der Waals surface area contributed by atoms with E-state index >= 15 is 0 Å². The van der Waals surface area contributed by atoms with Crippen molar-refractivity contribution in [1.82, 2.24) is 0 Å². The Balaban J connectivity index is 1.83. The van der Waals surface area contributed by atoms with E-state index in [2.05, 4.69) is 92.7 Å². The number of ether oxygens (including phenoxy) is 1. The van der Waals surface area contributed by atoms with Crippen molar-refractivity contribution in [3.8, 4) is 16.9 Å². The van der Waals surface area contributed by atoms with Crippen LogP contribution in [0, 0.1) is 0 Å². The average molecular weight is 357 g/mol. The number of anilines is 1. The highest BCUT2D eigenvalue weighted by Crippen LogP contribution is 2.31. The van der Waals surface area contributed by atoms with Crippen molar-refractivity contribution in [2.24, 2.45) is 0 Å². The maximum atomic E-state index is 5.24. The zero-order chi connectivity index (χ0) is 19.2. The molecule has 3 aromatic rings. The van der Waals surface area contributed by atoms with Crippen LogP contribution in [-0.2, 0) is 6.42 Å². The van der Waals surface area contributed by atoms with E-state index in [1.807, 2.05) is 12.1 Å². The van der Waals surface area contributed by atoms with Crippen LogP contribution in [0.2, 0.25) is 0 Å². The zero-order valence-corrected chi connectivity index (χ0v) is 16.6. The molecule has 0 spiro atoms. The molecule has 0 radical (unpaired) electrons. The van der Waals surface area contributed by atoms with E-state index in [1.165, 1.54) is 33.5 Å². The fourth-order valence-corrected chi connectivity index (χ4v) is 3.18. The highest BCUT2D eigenvalue weighted by atomic mass is 16.5. The van der Waals surface area contributed by atoms with Crippen LogP contribution in [0.1, 0.15) is 18.1 Å². The Morgan fingerprint density at radius 1 is 0.926 bits per heavy atom. The predicted octanol–water partition coefficient (Wildman–Crippen LogP) is 6.07. The number of methoxy groups -OCH3 is 1. The molecule has 2 nitrogen and oxygen atoms in total. The van der Waals surface area contributed by atoms with Gasteiger partial charge < -0.3 is 9.64 Å². The molecule has 0 saturated carbocycles. The molecule has 0 unspecified atom stereocenters. The molecule has 27 heavy (non-hydrogen) atoms. The van der Waals surface area contributed by atoms with Crippen molar-refractivity contribution in [3.05, 3.63) is 90.0 Å². The summed E-state index contributed by atoms with van der Waals surface area (Å²) in [6, 6.07) is 25.5. The van der Waals surface area contributed by atoms with Gasteiger partial charge >= 0.3 is 0 Å². The van der Waals surface area contributed by atoms with Gasteiger partial charge in [0.15, 0.2) is 0 Å². The molecule has 0 aliphatic heterocycles. The summed E-state index contributed by atoms with van der Waals surface area (Å²) < 4.78 is 5.24. The van der Waals surface area contributed by atoms with Gasteiger partial charge in [0.1, 0.15) is 5.75 Å². The number of hydrogen-bond donors (Lipinski definition) is 0. The third-order valence-electron chi connectivity index (χ3n) is 4.82. The molecular weight excluding hydrogens is 330 g/mol. The van der Waals surface area contributed by atoms with Crippen molar-refractivity contribution in [1.29, 1.82) is 0 Å². The van der Waals surface area contributed by atoms with Crippen molar-refractivity contribution in [3.63, 3.8) is 0 Å². The van der Waals surface area contributed by atoms with Gasteiger partial charge in [-0.1, -0.05) is 60.7 Å². The predicted molar refractivity (Wildman–Crippen MR) is 117 cm³/mol. The molecule has 0 saturated heterocycles. The molecule has 0 amide bonds. The van der Waals surface area contributed by atoms with E-state index in [0.717, 1.165) is 12.2 Å². The van der Waals surface area contributed by atoms with Gasteiger partial charge in [-0.05, 0) is 53.8 Å². The monoisotopic (exact) mass is 357 g/mol. The van der Waals surface area contributed by atoms with Crippen LogP contribution < -0.4 is 9.64 Å². The number of allylic oxidation sites excluding steroid dienone is 2. The first kappa shape index (κ1) is 18.8. The molecule has 3 rings (SSSR count). The summed E-state index contributed by atoms with van der Waals surface area (Å²) in [4.78, 5) is 2.19. The zero-order valence-electron chi connectivity index (χ0n) is 16.6. The SMILES string of the molecule is COc1ccc(C(C)=CCc2ccc(-c3ccccc3)c(N(C)C)c2)cc1. The van der Waals surface area contributed by atoms with E-state index < -0.39 is 0 Å². The Hall–Kier alpha value is -3.00. The second-order valence-electron chi connectivity index (χ2n) is 6.93. The van der Waals surface area contributed by atoms with Crippen LogP contribution in [0.25, 0.3) is 16.7 Å². The van der Waals surface area contributed by atoms with Gasteiger partial charge in [0.2, 0.25) is 0 Å². The van der Waals surface area contributed by atoms with Gasteiger partial charge in [-0.25, -0.2) is 0 Å². The Kier molecular flexibility index (Phi) is 5.97. The van der Waals surface area contributed by atoms with E-state index in [0.29, 0.717) is 0 Å². The summed E-state index contributed by atoms with van der Waals surface area (Å²) in [5, 5.41) is 0. The maximum Gasteiger partial charge on any atom is 0.118 e. The smallest absolute Gasteiger partial charge is 0.118 e. The van der Waals surface area contributed by atoms with Gasteiger partial charge in [0.05, 0.1) is 7.11 Å². The largest absolute Gasteiger partial charge is 0.497 e. The van der Waals surface area contributed by atoms with Crippen molar-refractivity contribution >= 4 is 11.3 Å². The number of nitrogens with zero attached hydrogens (tertiary/aromatic N) is 1. The van der Waals surface area contributed by atoms with Crippen molar-refractivity contribution in [2.75, 3.05) is 26.1 Å². The molecular formula is C25H27NO. The maximum absolute atomic E-state index is 5.24. The second kappa shape index (κ2) is 8.59. The van der Waals surface area contributed by atoms with E-state index in [9.17, 15) is 0 Å². The third kappa shape index (κ3) is 4.59. The number of hydrogen-bond acceptors (Lipinski definition) is 2. The number of rotatable bonds is 6. The summed E-state index contributed by atoms with van der Waals surface area (Å²) in [5.41, 5.74) is 7.57. The molecule has 0 fully saturated rings. The van der Waals surface area contributed by atoms with Crippen LogP contribution in [0.3, 0.4) is 0 Å². The summed E-state index contributed by atoms with van der Waals surface area (Å²) in [5.74, 6) is 0.888. The Morgan fingerprint density at radius 3 is 2.26 bits per heavy atom. The first-order valence-corrected chi connectivity index (χ1v) is 9.25. The minimum atomic E-state index is 0.888. The summed E-state index contributed by atoms with van der Waals surface area (Å²) in [7, 11) is 5.90. The summed E-state index contributed by atoms with van der Waals surface area (Å²) in [6.45, 7) is 2.16. The first-order valence-electron chi connectivity index (χ1n) is 9.25. The van der Waals surface area contributed by atoms with Gasteiger partial charge in [-0.2, -0.15) is 0 Å². The van der Waals surface area contributed by atoms with Crippen LogP contribution in [0.4, 0.5) is 5.69 Å².